The predicted molar refractivity (Wildman–Crippen MR) is 143 cm³/mol. The lowest BCUT2D eigenvalue weighted by Gasteiger charge is -2.30. The van der Waals surface area contributed by atoms with Crippen molar-refractivity contribution in [1.29, 1.82) is 0 Å². The maximum absolute atomic E-state index is 14.3. The van der Waals surface area contributed by atoms with Gasteiger partial charge in [-0.05, 0) is 62.2 Å². The number of carbonyl (C=O) groups is 1. The van der Waals surface area contributed by atoms with Crippen molar-refractivity contribution >= 4 is 42.6 Å². The van der Waals surface area contributed by atoms with Crippen LogP contribution in [0.4, 0.5) is 13.9 Å². The van der Waals surface area contributed by atoms with E-state index in [1.54, 1.807) is 0 Å². The Morgan fingerprint density at radius 1 is 1.14 bits per heavy atom. The standard InChI is InChI=1S/C26H32F2N4O3S2/c1-4-30(5-2)13-14-32(26-29-24-22(28)15-20(27)16-23(24)36-26)25(33)19-8-10-21(11-9-19)37(34,35)31-12-6-7-18(3)17-31/h8-11,15-16,18H,4-7,12-14,17H2,1-3H3. The van der Waals surface area contributed by atoms with Gasteiger partial charge < -0.3 is 4.90 Å². The Balaban J connectivity index is 1.63. The van der Waals surface area contributed by atoms with Crippen molar-refractivity contribution in [3.05, 3.63) is 53.6 Å². The molecule has 1 aliphatic heterocycles. The number of aromatic nitrogens is 1. The first kappa shape index (κ1) is 27.6. The van der Waals surface area contributed by atoms with Crippen molar-refractivity contribution in [3.8, 4) is 0 Å². The first-order valence-electron chi connectivity index (χ1n) is 12.5. The SMILES string of the molecule is CCN(CC)CCN(C(=O)c1ccc(S(=O)(=O)N2CCCC(C)C2)cc1)c1nc2c(F)cc(F)cc2s1. The van der Waals surface area contributed by atoms with Crippen molar-refractivity contribution in [3.63, 3.8) is 0 Å². The molecule has 11 heteroatoms. The molecular weight excluding hydrogens is 518 g/mol. The molecule has 2 heterocycles. The van der Waals surface area contributed by atoms with E-state index in [4.69, 9.17) is 0 Å². The number of fused-ring (bicyclic) bond motifs is 1. The number of carbonyl (C=O) groups excluding carboxylic acids is 1. The zero-order valence-electron chi connectivity index (χ0n) is 21.3. The highest BCUT2D eigenvalue weighted by atomic mass is 32.2. The second kappa shape index (κ2) is 11.5. The van der Waals surface area contributed by atoms with Gasteiger partial charge in [-0.1, -0.05) is 32.1 Å². The van der Waals surface area contributed by atoms with E-state index < -0.39 is 21.7 Å². The van der Waals surface area contributed by atoms with Crippen molar-refractivity contribution in [2.75, 3.05) is 44.2 Å². The predicted octanol–water partition coefficient (Wildman–Crippen LogP) is 4.98. The van der Waals surface area contributed by atoms with Crippen molar-refractivity contribution in [1.82, 2.24) is 14.2 Å². The summed E-state index contributed by atoms with van der Waals surface area (Å²) in [6, 6.07) is 7.89. The molecule has 0 saturated carbocycles. The van der Waals surface area contributed by atoms with Gasteiger partial charge in [-0.3, -0.25) is 9.69 Å². The maximum Gasteiger partial charge on any atom is 0.260 e. The zero-order valence-corrected chi connectivity index (χ0v) is 22.9. The summed E-state index contributed by atoms with van der Waals surface area (Å²) in [5.74, 6) is -1.57. The highest BCUT2D eigenvalue weighted by molar-refractivity contribution is 7.89. The lowest BCUT2D eigenvalue weighted by atomic mass is 10.0. The number of anilines is 1. The van der Waals surface area contributed by atoms with Crippen LogP contribution in [0.5, 0.6) is 0 Å². The molecule has 7 nitrogen and oxygen atoms in total. The fourth-order valence-electron chi connectivity index (χ4n) is 4.57. The van der Waals surface area contributed by atoms with Crippen LogP contribution < -0.4 is 4.90 Å². The normalized spacial score (nSPS) is 17.0. The summed E-state index contributed by atoms with van der Waals surface area (Å²) in [5, 5.41) is 0.260. The molecule has 200 valence electrons. The Hall–Kier alpha value is -2.47. The molecule has 3 aromatic rings. The highest BCUT2D eigenvalue weighted by Crippen LogP contribution is 2.32. The van der Waals surface area contributed by atoms with Crippen LogP contribution in [0.25, 0.3) is 10.2 Å². The lowest BCUT2D eigenvalue weighted by Crippen LogP contribution is -2.39. The third-order valence-electron chi connectivity index (χ3n) is 6.77. The van der Waals surface area contributed by atoms with Crippen LogP contribution in [0, 0.1) is 17.6 Å². The number of hydrogen-bond acceptors (Lipinski definition) is 6. The van der Waals surface area contributed by atoms with Gasteiger partial charge in [0.25, 0.3) is 5.91 Å². The molecule has 1 atom stereocenters. The second-order valence-electron chi connectivity index (χ2n) is 9.35. The molecule has 0 N–H and O–H groups in total. The van der Waals surface area contributed by atoms with E-state index in [0.717, 1.165) is 43.3 Å². The molecule has 4 rings (SSSR count). The number of benzene rings is 2. The summed E-state index contributed by atoms with van der Waals surface area (Å²) in [7, 11) is -3.65. The minimum absolute atomic E-state index is 0.0132. The van der Waals surface area contributed by atoms with Crippen LogP contribution in [-0.2, 0) is 10.0 Å². The summed E-state index contributed by atoms with van der Waals surface area (Å²) in [5.41, 5.74) is 0.302. The quantitative estimate of drug-likeness (QED) is 0.376. The summed E-state index contributed by atoms with van der Waals surface area (Å²) < 4.78 is 56.2. The van der Waals surface area contributed by atoms with E-state index >= 15 is 0 Å². The van der Waals surface area contributed by atoms with Crippen molar-refractivity contribution in [2.24, 2.45) is 5.92 Å². The number of amides is 1. The number of sulfonamides is 1. The van der Waals surface area contributed by atoms with Crippen LogP contribution in [0.3, 0.4) is 0 Å². The van der Waals surface area contributed by atoms with Crippen molar-refractivity contribution in [2.45, 2.75) is 38.5 Å². The average Bonchev–Trinajstić information content (AvgIpc) is 3.30. The number of nitrogens with zero attached hydrogens (tertiary/aromatic N) is 4. The van der Waals surface area contributed by atoms with Crippen LogP contribution in [0.1, 0.15) is 44.0 Å². The zero-order chi connectivity index (χ0) is 26.7. The van der Waals surface area contributed by atoms with E-state index in [9.17, 15) is 22.0 Å². The number of thiazole rings is 1. The third kappa shape index (κ3) is 6.00. The Morgan fingerprint density at radius 3 is 2.49 bits per heavy atom. The van der Waals surface area contributed by atoms with E-state index in [1.165, 1.54) is 39.5 Å². The molecule has 1 aromatic heterocycles. The summed E-state index contributed by atoms with van der Waals surface area (Å²) in [4.78, 5) is 21.7. The van der Waals surface area contributed by atoms with Crippen molar-refractivity contribution < 1.29 is 22.0 Å². The fraction of sp³-hybridized carbons (Fsp3) is 0.462. The summed E-state index contributed by atoms with van der Waals surface area (Å²) >= 11 is 1.04. The van der Waals surface area contributed by atoms with Gasteiger partial charge in [0.15, 0.2) is 10.9 Å². The minimum Gasteiger partial charge on any atom is -0.302 e. The smallest absolute Gasteiger partial charge is 0.260 e. The van der Waals surface area contributed by atoms with Crippen LogP contribution >= 0.6 is 11.3 Å². The van der Waals surface area contributed by atoms with E-state index in [0.29, 0.717) is 30.3 Å². The first-order chi connectivity index (χ1) is 17.6. The molecule has 0 radical (unpaired) electrons. The summed E-state index contributed by atoms with van der Waals surface area (Å²) in [6.07, 6.45) is 1.83. The molecule has 0 aliphatic carbocycles. The van der Waals surface area contributed by atoms with Gasteiger partial charge in [-0.2, -0.15) is 4.31 Å². The minimum atomic E-state index is -3.65. The van der Waals surface area contributed by atoms with Gasteiger partial charge in [0.1, 0.15) is 11.3 Å². The molecule has 1 saturated heterocycles. The molecule has 0 bridgehead atoms. The van der Waals surface area contributed by atoms with Crippen LogP contribution in [0.15, 0.2) is 41.3 Å². The Morgan fingerprint density at radius 2 is 1.84 bits per heavy atom. The average molecular weight is 551 g/mol. The third-order valence-corrected chi connectivity index (χ3v) is 9.68. The number of halogens is 2. The maximum atomic E-state index is 14.3. The van der Waals surface area contributed by atoms with Gasteiger partial charge >= 0.3 is 0 Å². The molecule has 2 aromatic carbocycles. The van der Waals surface area contributed by atoms with E-state index in [1.807, 2.05) is 20.8 Å². The Labute approximate surface area is 220 Å². The largest absolute Gasteiger partial charge is 0.302 e. The lowest BCUT2D eigenvalue weighted by molar-refractivity contribution is 0.0983. The number of likely N-dealkylation sites (N-methyl/N-ethyl adjacent to an activating group) is 1. The topological polar surface area (TPSA) is 73.8 Å². The molecule has 0 spiro atoms. The Kier molecular flexibility index (Phi) is 8.57. The fourth-order valence-corrected chi connectivity index (χ4v) is 7.19. The van der Waals surface area contributed by atoms with Crippen LogP contribution in [-0.4, -0.2) is 67.8 Å². The monoisotopic (exact) mass is 550 g/mol. The second-order valence-corrected chi connectivity index (χ2v) is 12.3. The van der Waals surface area contributed by atoms with Gasteiger partial charge in [-0.25, -0.2) is 22.2 Å². The molecule has 1 fully saturated rings. The van der Waals surface area contributed by atoms with Gasteiger partial charge in [0, 0.05) is 37.8 Å². The highest BCUT2D eigenvalue weighted by Gasteiger charge is 2.29. The van der Waals surface area contributed by atoms with Crippen LogP contribution in [0.2, 0.25) is 0 Å². The molecular formula is C26H32F2N4O3S2. The summed E-state index contributed by atoms with van der Waals surface area (Å²) in [6.45, 7) is 9.49. The molecule has 1 amide bonds. The van der Waals surface area contributed by atoms with E-state index in [-0.39, 0.29) is 33.6 Å². The van der Waals surface area contributed by atoms with Gasteiger partial charge in [-0.15, -0.1) is 0 Å². The number of hydrogen-bond donors (Lipinski definition) is 0. The van der Waals surface area contributed by atoms with Gasteiger partial charge in [0.05, 0.1) is 9.60 Å². The van der Waals surface area contributed by atoms with Gasteiger partial charge in [0.2, 0.25) is 10.0 Å². The Bertz CT molecular complexity index is 1360. The number of rotatable bonds is 9. The first-order valence-corrected chi connectivity index (χ1v) is 14.8. The molecule has 1 aliphatic rings. The number of piperidine rings is 1. The van der Waals surface area contributed by atoms with E-state index in [2.05, 4.69) is 9.88 Å². The molecule has 37 heavy (non-hydrogen) atoms. The molecule has 1 unspecified atom stereocenters.